The van der Waals surface area contributed by atoms with Crippen LogP contribution in [-0.2, 0) is 15.7 Å². The van der Waals surface area contributed by atoms with Crippen LogP contribution in [0.1, 0.15) is 35.6 Å². The number of amides is 1. The molecule has 1 aromatic heterocycles. The van der Waals surface area contributed by atoms with Crippen molar-refractivity contribution in [1.82, 2.24) is 9.97 Å². The number of alkyl halides is 3. The highest BCUT2D eigenvalue weighted by Crippen LogP contribution is 2.43. The van der Waals surface area contributed by atoms with Gasteiger partial charge < -0.3 is 15.0 Å². The molecule has 1 N–H and O–H groups in total. The average Bonchev–Trinajstić information content (AvgIpc) is 2.98. The number of hydrogen-bond acceptors (Lipinski definition) is 6. The van der Waals surface area contributed by atoms with Crippen LogP contribution in [0.3, 0.4) is 0 Å². The predicted octanol–water partition coefficient (Wildman–Crippen LogP) is 3.60. The lowest BCUT2D eigenvalue weighted by atomic mass is 9.84. The molecular formula is C20H18F3N5O2. The third-order valence-electron chi connectivity index (χ3n) is 5.49. The first-order valence-electron chi connectivity index (χ1n) is 9.40. The summed E-state index contributed by atoms with van der Waals surface area (Å²) in [6, 6.07) is 4.94. The zero-order valence-electron chi connectivity index (χ0n) is 16.0. The first-order chi connectivity index (χ1) is 14.3. The Morgan fingerprint density at radius 1 is 1.30 bits per heavy atom. The normalized spacial score (nSPS) is 19.5. The van der Waals surface area contributed by atoms with E-state index in [1.165, 1.54) is 23.2 Å². The number of nitrogens with one attached hydrogen (secondary N) is 1. The molecule has 0 radical (unpaired) electrons. The van der Waals surface area contributed by atoms with Crippen LogP contribution in [0.15, 0.2) is 24.4 Å². The van der Waals surface area contributed by atoms with E-state index in [9.17, 15) is 18.0 Å². The Morgan fingerprint density at radius 3 is 2.70 bits per heavy atom. The molecule has 1 saturated heterocycles. The number of carbonyl (C=O) groups is 1. The highest BCUT2D eigenvalue weighted by atomic mass is 19.4. The van der Waals surface area contributed by atoms with Crippen molar-refractivity contribution in [2.45, 2.75) is 24.9 Å². The number of hydrogen-bond donors (Lipinski definition) is 1. The SMILES string of the molecule is CN1C(=O)C(C2CCOCC2)c2nc(Nc3ccc(C#N)cc3C(F)(F)F)ncc21. The maximum Gasteiger partial charge on any atom is 0.418 e. The van der Waals surface area contributed by atoms with Crippen LogP contribution in [0, 0.1) is 17.2 Å². The summed E-state index contributed by atoms with van der Waals surface area (Å²) in [6.45, 7) is 1.12. The van der Waals surface area contributed by atoms with Crippen molar-refractivity contribution in [2.75, 3.05) is 30.5 Å². The number of carbonyl (C=O) groups excluding carboxylic acids is 1. The molecule has 0 bridgehead atoms. The summed E-state index contributed by atoms with van der Waals surface area (Å²) in [5.41, 5.74) is -0.289. The van der Waals surface area contributed by atoms with E-state index in [0.29, 0.717) is 37.4 Å². The van der Waals surface area contributed by atoms with E-state index in [1.807, 2.05) is 0 Å². The zero-order chi connectivity index (χ0) is 21.5. The molecule has 7 nitrogen and oxygen atoms in total. The van der Waals surface area contributed by atoms with Crippen LogP contribution >= 0.6 is 0 Å². The fourth-order valence-electron chi connectivity index (χ4n) is 3.93. The van der Waals surface area contributed by atoms with Gasteiger partial charge in [0, 0.05) is 20.3 Å². The van der Waals surface area contributed by atoms with Crippen molar-refractivity contribution in [3.8, 4) is 6.07 Å². The number of ether oxygens (including phenoxy) is 1. The molecule has 1 aromatic carbocycles. The van der Waals surface area contributed by atoms with Gasteiger partial charge in [-0.05, 0) is 37.0 Å². The Hall–Kier alpha value is -3.19. The van der Waals surface area contributed by atoms with Crippen molar-refractivity contribution in [3.63, 3.8) is 0 Å². The Bertz CT molecular complexity index is 1030. The molecule has 1 unspecified atom stereocenters. The molecule has 0 saturated carbocycles. The van der Waals surface area contributed by atoms with Crippen LogP contribution in [0.4, 0.5) is 30.5 Å². The van der Waals surface area contributed by atoms with Crippen LogP contribution in [0.5, 0.6) is 0 Å². The van der Waals surface area contributed by atoms with Gasteiger partial charge in [-0.25, -0.2) is 9.97 Å². The summed E-state index contributed by atoms with van der Waals surface area (Å²) in [5.74, 6) is -0.555. The monoisotopic (exact) mass is 417 g/mol. The quantitative estimate of drug-likeness (QED) is 0.821. The molecule has 2 aliphatic rings. The largest absolute Gasteiger partial charge is 0.418 e. The van der Waals surface area contributed by atoms with E-state index in [2.05, 4.69) is 15.3 Å². The zero-order valence-corrected chi connectivity index (χ0v) is 16.0. The van der Waals surface area contributed by atoms with Crippen molar-refractivity contribution in [1.29, 1.82) is 5.26 Å². The number of likely N-dealkylation sites (N-methyl/N-ethyl adjacent to an activating group) is 1. The molecule has 10 heteroatoms. The smallest absolute Gasteiger partial charge is 0.381 e. The van der Waals surface area contributed by atoms with Gasteiger partial charge in [-0.2, -0.15) is 18.4 Å². The van der Waals surface area contributed by atoms with Crippen LogP contribution in [-0.4, -0.2) is 36.1 Å². The third-order valence-corrected chi connectivity index (χ3v) is 5.49. The van der Waals surface area contributed by atoms with E-state index in [0.717, 1.165) is 6.07 Å². The summed E-state index contributed by atoms with van der Waals surface area (Å²) in [7, 11) is 1.64. The molecule has 3 heterocycles. The molecule has 1 fully saturated rings. The van der Waals surface area contributed by atoms with Gasteiger partial charge >= 0.3 is 6.18 Å². The second-order valence-electron chi connectivity index (χ2n) is 7.28. The molecule has 1 amide bonds. The van der Waals surface area contributed by atoms with E-state index < -0.39 is 17.7 Å². The lowest BCUT2D eigenvalue weighted by Gasteiger charge is -2.26. The summed E-state index contributed by atoms with van der Waals surface area (Å²) < 4.78 is 45.7. The minimum absolute atomic E-state index is 0.0379. The van der Waals surface area contributed by atoms with Crippen molar-refractivity contribution in [3.05, 3.63) is 41.2 Å². The third kappa shape index (κ3) is 3.57. The maximum absolute atomic E-state index is 13.4. The summed E-state index contributed by atoms with van der Waals surface area (Å²) in [5, 5.41) is 11.5. The molecular weight excluding hydrogens is 399 g/mol. The van der Waals surface area contributed by atoms with Gasteiger partial charge in [0.1, 0.15) is 0 Å². The molecule has 2 aliphatic heterocycles. The average molecular weight is 417 g/mol. The van der Waals surface area contributed by atoms with E-state index >= 15 is 0 Å². The fraction of sp³-hybridized carbons (Fsp3) is 0.400. The standard InChI is InChI=1S/C20H18F3N5O2/c1-28-15-10-25-19(26-14-3-2-11(9-24)8-13(14)20(21,22)23)27-17(15)16(18(28)29)12-4-6-30-7-5-12/h2-3,8,10,12,16H,4-7H2,1H3,(H,25,26,27). The van der Waals surface area contributed by atoms with Gasteiger partial charge in [0.2, 0.25) is 11.9 Å². The molecule has 2 aromatic rings. The highest BCUT2D eigenvalue weighted by Gasteiger charge is 2.42. The summed E-state index contributed by atoms with van der Waals surface area (Å²) >= 11 is 0. The van der Waals surface area contributed by atoms with Crippen molar-refractivity contribution in [2.24, 2.45) is 5.92 Å². The van der Waals surface area contributed by atoms with Gasteiger partial charge in [0.25, 0.3) is 0 Å². The first kappa shape index (κ1) is 20.1. The highest BCUT2D eigenvalue weighted by molar-refractivity contribution is 6.04. The minimum atomic E-state index is -4.66. The molecule has 156 valence electrons. The van der Waals surface area contributed by atoms with Crippen molar-refractivity contribution >= 4 is 23.2 Å². The molecule has 4 rings (SSSR count). The number of fused-ring (bicyclic) bond motifs is 1. The first-order valence-corrected chi connectivity index (χ1v) is 9.40. The number of aromatic nitrogens is 2. The Morgan fingerprint density at radius 2 is 2.03 bits per heavy atom. The Balaban J connectivity index is 1.70. The number of benzene rings is 1. The fourth-order valence-corrected chi connectivity index (χ4v) is 3.93. The second kappa shape index (κ2) is 7.57. The summed E-state index contributed by atoms with van der Waals surface area (Å²) in [6.07, 6.45) is -1.79. The Labute approximate surface area is 170 Å². The van der Waals surface area contributed by atoms with Gasteiger partial charge in [-0.1, -0.05) is 0 Å². The van der Waals surface area contributed by atoms with Gasteiger partial charge in [0.05, 0.1) is 46.4 Å². The number of rotatable bonds is 3. The molecule has 0 spiro atoms. The van der Waals surface area contributed by atoms with E-state index in [1.54, 1.807) is 13.1 Å². The van der Waals surface area contributed by atoms with Crippen molar-refractivity contribution < 1.29 is 22.7 Å². The van der Waals surface area contributed by atoms with E-state index in [4.69, 9.17) is 10.00 Å². The van der Waals surface area contributed by atoms with Crippen LogP contribution in [0.2, 0.25) is 0 Å². The maximum atomic E-state index is 13.4. The lowest BCUT2D eigenvalue weighted by molar-refractivity contribution is -0.137. The lowest BCUT2D eigenvalue weighted by Crippen LogP contribution is -2.31. The topological polar surface area (TPSA) is 91.1 Å². The number of halogens is 3. The second-order valence-corrected chi connectivity index (χ2v) is 7.28. The minimum Gasteiger partial charge on any atom is -0.381 e. The number of anilines is 3. The summed E-state index contributed by atoms with van der Waals surface area (Å²) in [4.78, 5) is 22.8. The van der Waals surface area contributed by atoms with Crippen LogP contribution in [0.25, 0.3) is 0 Å². The molecule has 30 heavy (non-hydrogen) atoms. The molecule has 0 aliphatic carbocycles. The van der Waals surface area contributed by atoms with Gasteiger partial charge in [-0.15, -0.1) is 0 Å². The van der Waals surface area contributed by atoms with Crippen LogP contribution < -0.4 is 10.2 Å². The number of nitriles is 1. The van der Waals surface area contributed by atoms with Gasteiger partial charge in [-0.3, -0.25) is 4.79 Å². The number of nitrogens with zero attached hydrogens (tertiary/aromatic N) is 4. The van der Waals surface area contributed by atoms with Gasteiger partial charge in [0.15, 0.2) is 0 Å². The Kier molecular flexibility index (Phi) is 5.07. The predicted molar refractivity (Wildman–Crippen MR) is 101 cm³/mol. The van der Waals surface area contributed by atoms with E-state index in [-0.39, 0.29) is 29.0 Å². The molecule has 1 atom stereocenters.